The Kier molecular flexibility index (Phi) is 5.22. The molecule has 0 amide bonds. The van der Waals surface area contributed by atoms with Crippen LogP contribution >= 0.6 is 0 Å². The molecule has 1 atom stereocenters. The average molecular weight is 281 g/mol. The van der Waals surface area contributed by atoms with E-state index in [9.17, 15) is 5.26 Å². The molecule has 0 aromatic heterocycles. The van der Waals surface area contributed by atoms with Crippen LogP contribution in [-0.2, 0) is 0 Å². The molecule has 2 rings (SSSR count). The van der Waals surface area contributed by atoms with Gasteiger partial charge in [-0.1, -0.05) is 24.3 Å². The van der Waals surface area contributed by atoms with Crippen LogP contribution in [0.3, 0.4) is 0 Å². The zero-order chi connectivity index (χ0) is 15.1. The Morgan fingerprint density at radius 1 is 1.05 bits per heavy atom. The van der Waals surface area contributed by atoms with Gasteiger partial charge in [-0.05, 0) is 42.3 Å². The second-order valence-corrected chi connectivity index (χ2v) is 4.85. The Bertz CT molecular complexity index is 614. The normalized spacial score (nSPS) is 11.5. The van der Waals surface area contributed by atoms with Gasteiger partial charge in [-0.15, -0.1) is 0 Å². The topological polar surface area (TPSA) is 42.2 Å². The van der Waals surface area contributed by atoms with Crippen LogP contribution in [0.2, 0.25) is 0 Å². The van der Waals surface area contributed by atoms with Crippen molar-refractivity contribution in [2.24, 2.45) is 0 Å². The standard InChI is InChI=1S/C18H19NO2/c1-14-5-3-4-6-18(14)15(13-19)11-12-21-17-9-7-16(20-2)8-10-17/h3-10,15H,11-12H2,1-2H3. The molecule has 1 unspecified atom stereocenters. The summed E-state index contributed by atoms with van der Waals surface area (Å²) in [7, 11) is 1.63. The van der Waals surface area contributed by atoms with Gasteiger partial charge in [0.2, 0.25) is 0 Å². The van der Waals surface area contributed by atoms with E-state index < -0.39 is 0 Å². The molecule has 0 radical (unpaired) electrons. The lowest BCUT2D eigenvalue weighted by atomic mass is 9.94. The molecule has 0 N–H and O–H groups in total. The number of methoxy groups -OCH3 is 1. The minimum Gasteiger partial charge on any atom is -0.497 e. The van der Waals surface area contributed by atoms with Crippen molar-refractivity contribution in [3.8, 4) is 17.6 Å². The molecule has 2 aromatic carbocycles. The summed E-state index contributed by atoms with van der Waals surface area (Å²) in [5, 5.41) is 9.35. The number of ether oxygens (including phenoxy) is 2. The molecule has 0 bridgehead atoms. The highest BCUT2D eigenvalue weighted by molar-refractivity contribution is 5.33. The summed E-state index contributed by atoms with van der Waals surface area (Å²) in [6, 6.07) is 17.8. The lowest BCUT2D eigenvalue weighted by Gasteiger charge is -2.13. The Hall–Kier alpha value is -2.47. The number of benzene rings is 2. The number of aryl methyl sites for hydroxylation is 1. The van der Waals surface area contributed by atoms with Crippen molar-refractivity contribution in [3.63, 3.8) is 0 Å². The third-order valence-electron chi connectivity index (χ3n) is 3.45. The van der Waals surface area contributed by atoms with E-state index in [0.29, 0.717) is 13.0 Å². The van der Waals surface area contributed by atoms with Gasteiger partial charge in [0.15, 0.2) is 0 Å². The summed E-state index contributed by atoms with van der Waals surface area (Å²) in [5.41, 5.74) is 2.23. The molecule has 0 aliphatic heterocycles. The summed E-state index contributed by atoms with van der Waals surface area (Å²) < 4.78 is 10.8. The molecule has 0 heterocycles. The fourth-order valence-electron chi connectivity index (χ4n) is 2.23. The van der Waals surface area contributed by atoms with Gasteiger partial charge >= 0.3 is 0 Å². The van der Waals surface area contributed by atoms with Gasteiger partial charge in [0.1, 0.15) is 11.5 Å². The van der Waals surface area contributed by atoms with Crippen molar-refractivity contribution in [2.75, 3.05) is 13.7 Å². The summed E-state index contributed by atoms with van der Waals surface area (Å²) in [4.78, 5) is 0. The molecule has 3 nitrogen and oxygen atoms in total. The first-order chi connectivity index (χ1) is 10.2. The fourth-order valence-corrected chi connectivity index (χ4v) is 2.23. The first-order valence-corrected chi connectivity index (χ1v) is 6.96. The van der Waals surface area contributed by atoms with Crippen LogP contribution in [0.5, 0.6) is 11.5 Å². The highest BCUT2D eigenvalue weighted by Gasteiger charge is 2.12. The third-order valence-corrected chi connectivity index (χ3v) is 3.45. The van der Waals surface area contributed by atoms with Crippen LogP contribution in [-0.4, -0.2) is 13.7 Å². The zero-order valence-corrected chi connectivity index (χ0v) is 12.4. The minimum absolute atomic E-state index is 0.135. The van der Waals surface area contributed by atoms with Gasteiger partial charge in [0.25, 0.3) is 0 Å². The maximum absolute atomic E-state index is 9.35. The molecule has 0 saturated carbocycles. The Balaban J connectivity index is 1.92. The zero-order valence-electron chi connectivity index (χ0n) is 12.4. The molecule has 2 aromatic rings. The summed E-state index contributed by atoms with van der Waals surface area (Å²) >= 11 is 0. The van der Waals surface area contributed by atoms with Gasteiger partial charge < -0.3 is 9.47 Å². The molecule has 21 heavy (non-hydrogen) atoms. The van der Waals surface area contributed by atoms with Crippen LogP contribution < -0.4 is 9.47 Å². The lowest BCUT2D eigenvalue weighted by molar-refractivity contribution is 0.305. The lowest BCUT2D eigenvalue weighted by Crippen LogP contribution is -2.05. The maximum Gasteiger partial charge on any atom is 0.119 e. The van der Waals surface area contributed by atoms with Crippen molar-refractivity contribution in [1.29, 1.82) is 5.26 Å². The van der Waals surface area contributed by atoms with E-state index in [0.717, 1.165) is 22.6 Å². The number of rotatable bonds is 6. The molecular weight excluding hydrogens is 262 g/mol. The molecular formula is C18H19NO2. The quantitative estimate of drug-likeness (QED) is 0.801. The van der Waals surface area contributed by atoms with E-state index in [2.05, 4.69) is 6.07 Å². The Labute approximate surface area is 125 Å². The predicted octanol–water partition coefficient (Wildman–Crippen LogP) is 4.08. The van der Waals surface area contributed by atoms with Gasteiger partial charge in [0.05, 0.1) is 25.7 Å². The highest BCUT2D eigenvalue weighted by Crippen LogP contribution is 2.23. The average Bonchev–Trinajstić information content (AvgIpc) is 2.53. The van der Waals surface area contributed by atoms with Gasteiger partial charge in [-0.25, -0.2) is 0 Å². The fraction of sp³-hybridized carbons (Fsp3) is 0.278. The molecule has 3 heteroatoms. The van der Waals surface area contributed by atoms with Crippen LogP contribution in [0.15, 0.2) is 48.5 Å². The second kappa shape index (κ2) is 7.35. The largest absolute Gasteiger partial charge is 0.497 e. The van der Waals surface area contributed by atoms with Crippen molar-refractivity contribution >= 4 is 0 Å². The van der Waals surface area contributed by atoms with Crippen LogP contribution in [0, 0.1) is 18.3 Å². The number of hydrogen-bond donors (Lipinski definition) is 0. The summed E-state index contributed by atoms with van der Waals surface area (Å²) in [6.07, 6.45) is 0.674. The molecule has 0 saturated heterocycles. The number of nitrogens with zero attached hydrogens (tertiary/aromatic N) is 1. The molecule has 0 aliphatic rings. The van der Waals surface area contributed by atoms with Crippen molar-refractivity contribution < 1.29 is 9.47 Å². The highest BCUT2D eigenvalue weighted by atomic mass is 16.5. The molecule has 0 spiro atoms. The van der Waals surface area contributed by atoms with Crippen LogP contribution in [0.1, 0.15) is 23.5 Å². The van der Waals surface area contributed by atoms with E-state index in [-0.39, 0.29) is 5.92 Å². The van der Waals surface area contributed by atoms with Crippen molar-refractivity contribution in [1.82, 2.24) is 0 Å². The monoisotopic (exact) mass is 281 g/mol. The van der Waals surface area contributed by atoms with E-state index in [1.807, 2.05) is 55.5 Å². The molecule has 0 fully saturated rings. The van der Waals surface area contributed by atoms with E-state index in [4.69, 9.17) is 9.47 Å². The third kappa shape index (κ3) is 4.00. The second-order valence-electron chi connectivity index (χ2n) is 4.85. The predicted molar refractivity (Wildman–Crippen MR) is 82.6 cm³/mol. The maximum atomic E-state index is 9.35. The van der Waals surface area contributed by atoms with Crippen LogP contribution in [0.4, 0.5) is 0 Å². The van der Waals surface area contributed by atoms with E-state index in [1.165, 1.54) is 0 Å². The Morgan fingerprint density at radius 3 is 2.33 bits per heavy atom. The smallest absolute Gasteiger partial charge is 0.119 e. The van der Waals surface area contributed by atoms with Crippen LogP contribution in [0.25, 0.3) is 0 Å². The summed E-state index contributed by atoms with van der Waals surface area (Å²) in [6.45, 7) is 2.54. The molecule has 0 aliphatic carbocycles. The first-order valence-electron chi connectivity index (χ1n) is 6.96. The minimum atomic E-state index is -0.135. The van der Waals surface area contributed by atoms with Crippen molar-refractivity contribution in [3.05, 3.63) is 59.7 Å². The van der Waals surface area contributed by atoms with Crippen molar-refractivity contribution in [2.45, 2.75) is 19.3 Å². The van der Waals surface area contributed by atoms with Gasteiger partial charge in [-0.2, -0.15) is 5.26 Å². The van der Waals surface area contributed by atoms with E-state index >= 15 is 0 Å². The van der Waals surface area contributed by atoms with Gasteiger partial charge in [-0.3, -0.25) is 0 Å². The number of hydrogen-bond acceptors (Lipinski definition) is 3. The van der Waals surface area contributed by atoms with Gasteiger partial charge in [0, 0.05) is 6.42 Å². The van der Waals surface area contributed by atoms with E-state index in [1.54, 1.807) is 7.11 Å². The Morgan fingerprint density at radius 2 is 1.71 bits per heavy atom. The molecule has 108 valence electrons. The first kappa shape index (κ1) is 14.9. The summed E-state index contributed by atoms with van der Waals surface area (Å²) in [5.74, 6) is 1.46. The number of nitriles is 1. The SMILES string of the molecule is COc1ccc(OCCC(C#N)c2ccccc2C)cc1.